The number of nitrogens with one attached hydrogen (secondary N) is 3. The van der Waals surface area contributed by atoms with E-state index in [4.69, 9.17) is 5.73 Å². The summed E-state index contributed by atoms with van der Waals surface area (Å²) in [4.78, 5) is 11.6. The minimum atomic E-state index is -0.862. The predicted octanol–water partition coefficient (Wildman–Crippen LogP) is 1.79. The second-order valence-corrected chi connectivity index (χ2v) is 3.68. The van der Waals surface area contributed by atoms with Gasteiger partial charge in [0.25, 0.3) is 0 Å². The topological polar surface area (TPSA) is 95.8 Å². The molecule has 1 aromatic carbocycles. The molecule has 100 valence electrons. The number of hydrogen-bond acceptors (Lipinski definition) is 3. The number of amides is 2. The molecule has 0 aliphatic carbocycles. The summed E-state index contributed by atoms with van der Waals surface area (Å²) in [6.45, 7) is 0.191. The molecule has 2 amide bonds. The Balaban J connectivity index is 2.05. The van der Waals surface area contributed by atoms with Crippen LogP contribution < -0.4 is 16.4 Å². The van der Waals surface area contributed by atoms with E-state index in [0.29, 0.717) is 17.4 Å². The van der Waals surface area contributed by atoms with Crippen LogP contribution in [0.15, 0.2) is 24.4 Å². The summed E-state index contributed by atoms with van der Waals surface area (Å²) >= 11 is 0. The van der Waals surface area contributed by atoms with Crippen molar-refractivity contribution in [3.05, 3.63) is 41.6 Å². The number of H-pyrrole nitrogens is 1. The van der Waals surface area contributed by atoms with Gasteiger partial charge in [-0.1, -0.05) is 0 Å². The summed E-state index contributed by atoms with van der Waals surface area (Å²) in [5.41, 5.74) is 5.91. The van der Waals surface area contributed by atoms with Crippen LogP contribution in [0.1, 0.15) is 5.56 Å². The Bertz CT molecular complexity index is 599. The van der Waals surface area contributed by atoms with Gasteiger partial charge in [0.1, 0.15) is 17.5 Å². The average molecular weight is 267 g/mol. The molecule has 0 saturated carbocycles. The van der Waals surface area contributed by atoms with E-state index in [9.17, 15) is 13.6 Å². The Kier molecular flexibility index (Phi) is 3.71. The average Bonchev–Trinajstić information content (AvgIpc) is 2.80. The first kappa shape index (κ1) is 13.0. The lowest BCUT2D eigenvalue weighted by Crippen LogP contribution is -2.21. The quantitative estimate of drug-likeness (QED) is 0.682. The van der Waals surface area contributed by atoms with E-state index >= 15 is 0 Å². The van der Waals surface area contributed by atoms with Gasteiger partial charge in [-0.3, -0.25) is 10.4 Å². The molecular formula is C11H11F2N5O. The maximum atomic E-state index is 13.3. The molecule has 5 N–H and O–H groups in total. The van der Waals surface area contributed by atoms with Gasteiger partial charge in [0, 0.05) is 18.2 Å². The lowest BCUT2D eigenvalue weighted by molar-refractivity contribution is 0.262. The van der Waals surface area contributed by atoms with Crippen molar-refractivity contribution in [1.29, 1.82) is 0 Å². The van der Waals surface area contributed by atoms with Gasteiger partial charge >= 0.3 is 6.03 Å². The number of nitrogens with two attached hydrogens (primary N) is 1. The number of aromatic amines is 1. The van der Waals surface area contributed by atoms with Crippen molar-refractivity contribution in [3.8, 4) is 0 Å². The van der Waals surface area contributed by atoms with Crippen molar-refractivity contribution in [3.63, 3.8) is 0 Å². The number of halogens is 2. The number of aromatic nitrogens is 2. The SMILES string of the molecule is NCc1cn[nH]c1NC(=O)Nc1ccc(F)cc1F. The number of rotatable bonds is 3. The summed E-state index contributed by atoms with van der Waals surface area (Å²) in [5, 5.41) is 10.9. The van der Waals surface area contributed by atoms with E-state index in [1.165, 1.54) is 6.20 Å². The normalized spacial score (nSPS) is 10.3. The van der Waals surface area contributed by atoms with Crippen molar-refractivity contribution in [2.75, 3.05) is 10.6 Å². The van der Waals surface area contributed by atoms with Gasteiger partial charge in [-0.2, -0.15) is 5.10 Å². The van der Waals surface area contributed by atoms with Crippen LogP contribution in [0.4, 0.5) is 25.1 Å². The first-order valence-electron chi connectivity index (χ1n) is 5.35. The minimum Gasteiger partial charge on any atom is -0.326 e. The number of nitrogens with zero attached hydrogens (tertiary/aromatic N) is 1. The molecule has 0 atom stereocenters. The van der Waals surface area contributed by atoms with Gasteiger partial charge in [-0.05, 0) is 12.1 Å². The van der Waals surface area contributed by atoms with E-state index in [1.807, 2.05) is 0 Å². The van der Waals surface area contributed by atoms with Crippen LogP contribution in [0.25, 0.3) is 0 Å². The molecule has 0 fully saturated rings. The van der Waals surface area contributed by atoms with Gasteiger partial charge in [-0.25, -0.2) is 13.6 Å². The number of hydrogen-bond donors (Lipinski definition) is 4. The lowest BCUT2D eigenvalue weighted by atomic mass is 10.3. The van der Waals surface area contributed by atoms with E-state index in [2.05, 4.69) is 20.8 Å². The molecule has 0 saturated heterocycles. The molecule has 0 spiro atoms. The third kappa shape index (κ3) is 3.05. The van der Waals surface area contributed by atoms with E-state index in [1.54, 1.807) is 0 Å². The van der Waals surface area contributed by atoms with E-state index in [-0.39, 0.29) is 12.2 Å². The largest absolute Gasteiger partial charge is 0.326 e. The van der Waals surface area contributed by atoms with Crippen molar-refractivity contribution in [2.24, 2.45) is 5.73 Å². The van der Waals surface area contributed by atoms with Crippen LogP contribution in [0.5, 0.6) is 0 Å². The van der Waals surface area contributed by atoms with Crippen LogP contribution in [0.3, 0.4) is 0 Å². The molecule has 0 radical (unpaired) electrons. The Morgan fingerprint density at radius 2 is 2.16 bits per heavy atom. The van der Waals surface area contributed by atoms with Gasteiger partial charge in [-0.15, -0.1) is 0 Å². The number of anilines is 2. The molecule has 0 aliphatic rings. The molecule has 0 bridgehead atoms. The standard InChI is InChI=1S/C11H11F2N5O/c12-7-1-2-9(8(13)3-7)16-11(19)17-10-6(4-14)5-15-18-10/h1-3,5H,4,14H2,(H3,15,16,17,18,19). The Morgan fingerprint density at radius 1 is 1.37 bits per heavy atom. The third-order valence-corrected chi connectivity index (χ3v) is 2.36. The number of carbonyl (C=O) groups excluding carboxylic acids is 1. The molecule has 1 aromatic heterocycles. The number of carbonyl (C=O) groups is 1. The highest BCUT2D eigenvalue weighted by Crippen LogP contribution is 2.16. The zero-order chi connectivity index (χ0) is 13.8. The van der Waals surface area contributed by atoms with Crippen LogP contribution in [0.2, 0.25) is 0 Å². The van der Waals surface area contributed by atoms with Crippen molar-refractivity contribution >= 4 is 17.5 Å². The first-order valence-corrected chi connectivity index (χ1v) is 5.35. The van der Waals surface area contributed by atoms with Crippen molar-refractivity contribution in [1.82, 2.24) is 10.2 Å². The van der Waals surface area contributed by atoms with Gasteiger partial charge in [0.2, 0.25) is 0 Å². The van der Waals surface area contributed by atoms with Gasteiger partial charge < -0.3 is 11.1 Å². The molecule has 8 heteroatoms. The fourth-order valence-corrected chi connectivity index (χ4v) is 1.43. The molecular weight excluding hydrogens is 256 g/mol. The molecule has 2 rings (SSSR count). The molecule has 6 nitrogen and oxygen atoms in total. The fraction of sp³-hybridized carbons (Fsp3) is 0.0909. The van der Waals surface area contributed by atoms with Crippen molar-refractivity contribution < 1.29 is 13.6 Å². The molecule has 1 heterocycles. The number of urea groups is 1. The van der Waals surface area contributed by atoms with Crippen LogP contribution >= 0.6 is 0 Å². The summed E-state index contributed by atoms with van der Waals surface area (Å²) in [6, 6.07) is 2.16. The molecule has 2 aromatic rings. The molecule has 19 heavy (non-hydrogen) atoms. The third-order valence-electron chi connectivity index (χ3n) is 2.36. The van der Waals surface area contributed by atoms with Gasteiger partial charge in [0.05, 0.1) is 11.9 Å². The Labute approximate surface area is 107 Å². The fourth-order valence-electron chi connectivity index (χ4n) is 1.43. The maximum absolute atomic E-state index is 13.3. The van der Waals surface area contributed by atoms with Crippen LogP contribution in [-0.4, -0.2) is 16.2 Å². The highest BCUT2D eigenvalue weighted by atomic mass is 19.1. The smallest absolute Gasteiger partial charge is 0.324 e. The monoisotopic (exact) mass is 267 g/mol. The second kappa shape index (κ2) is 5.44. The Hall–Kier alpha value is -2.48. The van der Waals surface area contributed by atoms with Gasteiger partial charge in [0.15, 0.2) is 0 Å². The summed E-state index contributed by atoms with van der Waals surface area (Å²) < 4.78 is 26.0. The number of benzene rings is 1. The maximum Gasteiger partial charge on any atom is 0.324 e. The summed E-state index contributed by atoms with van der Waals surface area (Å²) in [5.74, 6) is -1.26. The minimum absolute atomic E-state index is 0.132. The van der Waals surface area contributed by atoms with E-state index < -0.39 is 17.7 Å². The highest BCUT2D eigenvalue weighted by Gasteiger charge is 2.10. The zero-order valence-corrected chi connectivity index (χ0v) is 9.71. The highest BCUT2D eigenvalue weighted by molar-refractivity contribution is 5.99. The Morgan fingerprint density at radius 3 is 2.84 bits per heavy atom. The summed E-state index contributed by atoms with van der Waals surface area (Å²) in [7, 11) is 0. The second-order valence-electron chi connectivity index (χ2n) is 3.68. The van der Waals surface area contributed by atoms with E-state index in [0.717, 1.165) is 12.1 Å². The molecule has 0 unspecified atom stereocenters. The van der Waals surface area contributed by atoms with Crippen molar-refractivity contribution in [2.45, 2.75) is 6.54 Å². The summed E-state index contributed by atoms with van der Waals surface area (Å²) in [6.07, 6.45) is 1.47. The zero-order valence-electron chi connectivity index (χ0n) is 9.71. The first-order chi connectivity index (χ1) is 9.10. The predicted molar refractivity (Wildman–Crippen MR) is 65.5 cm³/mol. The lowest BCUT2D eigenvalue weighted by Gasteiger charge is -2.08. The van der Waals surface area contributed by atoms with Crippen LogP contribution in [0, 0.1) is 11.6 Å². The molecule has 0 aliphatic heterocycles. The van der Waals surface area contributed by atoms with Crippen LogP contribution in [-0.2, 0) is 6.54 Å².